The Labute approximate surface area is 208 Å². The number of piperidine rings is 1. The third-order valence-electron chi connectivity index (χ3n) is 6.75. The van der Waals surface area contributed by atoms with Crippen LogP contribution < -0.4 is 10.6 Å². The zero-order valence-electron chi connectivity index (χ0n) is 19.7. The molecule has 0 aliphatic carbocycles. The number of aryl methyl sites for hydroxylation is 2. The maximum atomic E-state index is 14.3. The fourth-order valence-electron chi connectivity index (χ4n) is 4.71. The quantitative estimate of drug-likeness (QED) is 0.322. The first-order valence-corrected chi connectivity index (χ1v) is 12.0. The average molecular weight is 492 g/mol. The number of likely N-dealkylation sites (tertiary alicyclic amines) is 1. The summed E-state index contributed by atoms with van der Waals surface area (Å²) in [5.74, 6) is 1.00. The van der Waals surface area contributed by atoms with E-state index in [9.17, 15) is 9.65 Å². The number of anilines is 3. The Morgan fingerprint density at radius 2 is 2.03 bits per heavy atom. The Hall–Kier alpha value is -3.54. The van der Waals surface area contributed by atoms with Crippen LogP contribution in [0.25, 0.3) is 10.9 Å². The fraction of sp³-hybridized carbons (Fsp3) is 0.308. The highest BCUT2D eigenvalue weighted by Gasteiger charge is 2.22. The molecule has 3 N–H and O–H groups in total. The normalized spacial score (nSPS) is 14.8. The summed E-state index contributed by atoms with van der Waals surface area (Å²) in [7, 11) is 1.92. The van der Waals surface area contributed by atoms with Crippen LogP contribution in [0.2, 0.25) is 5.02 Å². The standard InChI is InChI=1S/C26H27ClFN7/c1-16-17(3-5-23-21(16)12-20(13-29)31-23)14-35-9-7-19(8-10-35)32-26-25(30-15-34(26)2)33-24-6-4-18(27)11-22(24)28/h3-6,11-12,15,19,31-33H,7-10,14H2,1-2H3. The van der Waals surface area contributed by atoms with Gasteiger partial charge in [0, 0.05) is 48.6 Å². The zero-order valence-corrected chi connectivity index (χ0v) is 20.5. The number of aromatic nitrogens is 3. The van der Waals surface area contributed by atoms with E-state index < -0.39 is 5.82 Å². The molecule has 2 aromatic heterocycles. The van der Waals surface area contributed by atoms with E-state index in [4.69, 9.17) is 11.6 Å². The molecule has 0 saturated carbocycles. The SMILES string of the molecule is Cc1c(CN2CCC(Nc3c(Nc4ccc(Cl)cc4F)ncn3C)CC2)ccc2[nH]c(C#N)cc12. The molecule has 4 aromatic rings. The summed E-state index contributed by atoms with van der Waals surface area (Å²) in [4.78, 5) is 10.0. The molecule has 0 spiro atoms. The predicted molar refractivity (Wildman–Crippen MR) is 138 cm³/mol. The van der Waals surface area contributed by atoms with Crippen molar-refractivity contribution in [1.29, 1.82) is 5.26 Å². The molecule has 1 aliphatic rings. The summed E-state index contributed by atoms with van der Waals surface area (Å²) in [6.45, 7) is 4.95. The molecule has 0 atom stereocenters. The van der Waals surface area contributed by atoms with E-state index in [2.05, 4.69) is 50.6 Å². The molecule has 5 rings (SSSR count). The average Bonchev–Trinajstić information content (AvgIpc) is 3.43. The lowest BCUT2D eigenvalue weighted by atomic mass is 10.0. The van der Waals surface area contributed by atoms with E-state index >= 15 is 0 Å². The number of imidazole rings is 1. The Kier molecular flexibility index (Phi) is 6.37. The summed E-state index contributed by atoms with van der Waals surface area (Å²) in [6.07, 6.45) is 3.69. The van der Waals surface area contributed by atoms with Crippen molar-refractivity contribution in [2.45, 2.75) is 32.4 Å². The molecule has 3 heterocycles. The van der Waals surface area contributed by atoms with Crippen molar-refractivity contribution >= 4 is 39.8 Å². The number of nitrogens with one attached hydrogen (secondary N) is 3. The van der Waals surface area contributed by atoms with Crippen LogP contribution in [0.1, 0.15) is 29.7 Å². The van der Waals surface area contributed by atoms with E-state index in [1.54, 1.807) is 18.5 Å². The van der Waals surface area contributed by atoms with Crippen molar-refractivity contribution in [1.82, 2.24) is 19.4 Å². The lowest BCUT2D eigenvalue weighted by Crippen LogP contribution is -2.39. The summed E-state index contributed by atoms with van der Waals surface area (Å²) in [6, 6.07) is 13.2. The summed E-state index contributed by atoms with van der Waals surface area (Å²) < 4.78 is 16.2. The first kappa shape index (κ1) is 23.2. The Bertz CT molecular complexity index is 1410. The maximum absolute atomic E-state index is 14.3. The number of nitriles is 1. The van der Waals surface area contributed by atoms with Crippen LogP contribution in [-0.4, -0.2) is 38.6 Å². The monoisotopic (exact) mass is 491 g/mol. The first-order valence-electron chi connectivity index (χ1n) is 11.6. The second-order valence-corrected chi connectivity index (χ2v) is 9.54. The molecule has 0 radical (unpaired) electrons. The van der Waals surface area contributed by atoms with E-state index in [0.29, 0.717) is 28.3 Å². The molecule has 7 nitrogen and oxygen atoms in total. The molecular formula is C26H27ClFN7. The van der Waals surface area contributed by atoms with Gasteiger partial charge in [0.1, 0.15) is 17.6 Å². The van der Waals surface area contributed by atoms with Gasteiger partial charge in [-0.3, -0.25) is 4.90 Å². The van der Waals surface area contributed by atoms with Gasteiger partial charge in [0.25, 0.3) is 0 Å². The lowest BCUT2D eigenvalue weighted by molar-refractivity contribution is 0.211. The Morgan fingerprint density at radius 1 is 1.23 bits per heavy atom. The highest BCUT2D eigenvalue weighted by Crippen LogP contribution is 2.29. The Balaban J connectivity index is 1.22. The third-order valence-corrected chi connectivity index (χ3v) is 6.98. The molecule has 0 bridgehead atoms. The number of H-pyrrole nitrogens is 1. The van der Waals surface area contributed by atoms with Gasteiger partial charge in [-0.15, -0.1) is 0 Å². The zero-order chi connectivity index (χ0) is 24.5. The number of rotatable bonds is 6. The van der Waals surface area contributed by atoms with Gasteiger partial charge in [-0.05, 0) is 61.2 Å². The second kappa shape index (κ2) is 9.61. The fourth-order valence-corrected chi connectivity index (χ4v) is 4.86. The largest absolute Gasteiger partial charge is 0.366 e. The third kappa shape index (κ3) is 4.83. The van der Waals surface area contributed by atoms with Crippen LogP contribution in [0.3, 0.4) is 0 Å². The molecule has 1 fully saturated rings. The minimum atomic E-state index is -0.417. The van der Waals surface area contributed by atoms with Crippen molar-refractivity contribution in [3.8, 4) is 6.07 Å². The van der Waals surface area contributed by atoms with E-state index in [0.717, 1.165) is 49.2 Å². The minimum absolute atomic E-state index is 0.295. The molecule has 35 heavy (non-hydrogen) atoms. The van der Waals surface area contributed by atoms with Crippen molar-refractivity contribution in [2.24, 2.45) is 7.05 Å². The highest BCUT2D eigenvalue weighted by atomic mass is 35.5. The predicted octanol–water partition coefficient (Wildman–Crippen LogP) is 5.69. The number of fused-ring (bicyclic) bond motifs is 1. The van der Waals surface area contributed by atoms with Gasteiger partial charge < -0.3 is 20.2 Å². The van der Waals surface area contributed by atoms with Crippen LogP contribution in [-0.2, 0) is 13.6 Å². The van der Waals surface area contributed by atoms with Crippen LogP contribution in [0.5, 0.6) is 0 Å². The molecule has 1 saturated heterocycles. The molecular weight excluding hydrogens is 465 g/mol. The van der Waals surface area contributed by atoms with Crippen molar-refractivity contribution in [3.05, 3.63) is 70.4 Å². The number of benzene rings is 2. The van der Waals surface area contributed by atoms with Crippen LogP contribution in [0.4, 0.5) is 21.7 Å². The minimum Gasteiger partial charge on any atom is -0.366 e. The maximum Gasteiger partial charge on any atom is 0.173 e. The van der Waals surface area contributed by atoms with Gasteiger partial charge in [0.2, 0.25) is 0 Å². The second-order valence-electron chi connectivity index (χ2n) is 9.10. The smallest absolute Gasteiger partial charge is 0.173 e. The van der Waals surface area contributed by atoms with Crippen molar-refractivity contribution < 1.29 is 4.39 Å². The van der Waals surface area contributed by atoms with Crippen molar-refractivity contribution in [3.63, 3.8) is 0 Å². The summed E-state index contributed by atoms with van der Waals surface area (Å²) >= 11 is 5.87. The van der Waals surface area contributed by atoms with Gasteiger partial charge in [0.15, 0.2) is 11.6 Å². The van der Waals surface area contributed by atoms with E-state index in [1.807, 2.05) is 17.7 Å². The van der Waals surface area contributed by atoms with Gasteiger partial charge in [-0.1, -0.05) is 17.7 Å². The van der Waals surface area contributed by atoms with Gasteiger partial charge in [0.05, 0.1) is 12.0 Å². The number of halogens is 2. The van der Waals surface area contributed by atoms with Gasteiger partial charge in [-0.25, -0.2) is 9.37 Å². The summed E-state index contributed by atoms with van der Waals surface area (Å²) in [5, 5.41) is 17.3. The molecule has 0 unspecified atom stereocenters. The van der Waals surface area contributed by atoms with Crippen LogP contribution >= 0.6 is 11.6 Å². The Morgan fingerprint density at radius 3 is 2.77 bits per heavy atom. The number of hydrogen-bond acceptors (Lipinski definition) is 5. The van der Waals surface area contributed by atoms with Crippen LogP contribution in [0, 0.1) is 24.1 Å². The molecule has 180 valence electrons. The number of nitrogens with zero attached hydrogens (tertiary/aromatic N) is 4. The van der Waals surface area contributed by atoms with Crippen LogP contribution in [0.15, 0.2) is 42.7 Å². The van der Waals surface area contributed by atoms with Crippen molar-refractivity contribution in [2.75, 3.05) is 23.7 Å². The number of aromatic amines is 1. The molecule has 0 amide bonds. The molecule has 9 heteroatoms. The molecule has 2 aromatic carbocycles. The molecule has 1 aliphatic heterocycles. The van der Waals surface area contributed by atoms with E-state index in [1.165, 1.54) is 17.2 Å². The summed E-state index contributed by atoms with van der Waals surface area (Å²) in [5.41, 5.74) is 4.44. The lowest BCUT2D eigenvalue weighted by Gasteiger charge is -2.33. The van der Waals surface area contributed by atoms with Gasteiger partial charge in [-0.2, -0.15) is 5.26 Å². The first-order chi connectivity index (χ1) is 16.9. The van der Waals surface area contributed by atoms with E-state index in [-0.39, 0.29) is 0 Å². The highest BCUT2D eigenvalue weighted by molar-refractivity contribution is 6.30. The van der Waals surface area contributed by atoms with Gasteiger partial charge >= 0.3 is 0 Å². The topological polar surface area (TPSA) is 84.7 Å². The number of hydrogen-bond donors (Lipinski definition) is 3.